The van der Waals surface area contributed by atoms with Crippen molar-refractivity contribution in [2.24, 2.45) is 5.84 Å². The van der Waals surface area contributed by atoms with Crippen molar-refractivity contribution in [3.63, 3.8) is 0 Å². The second kappa shape index (κ2) is 7.35. The molecule has 2 nitrogen and oxygen atoms in total. The molecule has 6 heteroatoms. The van der Waals surface area contributed by atoms with Crippen LogP contribution in [0, 0.1) is 18.6 Å². The van der Waals surface area contributed by atoms with E-state index in [0.29, 0.717) is 11.3 Å². The smallest absolute Gasteiger partial charge is 0.133 e. The fourth-order valence-corrected chi connectivity index (χ4v) is 3.51. The molecule has 0 saturated heterocycles. The van der Waals surface area contributed by atoms with Gasteiger partial charge in [0.05, 0.1) is 6.04 Å². The molecule has 1 atom stereocenters. The molecule has 1 unspecified atom stereocenters. The minimum atomic E-state index is -0.603. The van der Waals surface area contributed by atoms with Crippen LogP contribution in [0.3, 0.4) is 0 Å². The minimum Gasteiger partial charge on any atom is -0.271 e. The summed E-state index contributed by atoms with van der Waals surface area (Å²) in [5.74, 6) is 4.77. The molecule has 0 spiro atoms. The lowest BCUT2D eigenvalue weighted by atomic mass is 10.0. The van der Waals surface area contributed by atoms with Crippen LogP contribution in [-0.2, 0) is 0 Å². The zero-order chi connectivity index (χ0) is 15.4. The highest BCUT2D eigenvalue weighted by atomic mass is 79.9. The average Bonchev–Trinajstić information content (AvgIpc) is 2.46. The lowest BCUT2D eigenvalue weighted by Crippen LogP contribution is -2.31. The Morgan fingerprint density at radius 1 is 1.29 bits per heavy atom. The van der Waals surface area contributed by atoms with Gasteiger partial charge in [0, 0.05) is 20.7 Å². The predicted molar refractivity (Wildman–Crippen MR) is 86.0 cm³/mol. The number of hydrazine groups is 1. The van der Waals surface area contributed by atoms with Crippen molar-refractivity contribution in [2.75, 3.05) is 5.75 Å². The minimum absolute atomic E-state index is 0.0139. The van der Waals surface area contributed by atoms with Gasteiger partial charge < -0.3 is 0 Å². The maximum atomic E-state index is 14.1. The Kier molecular flexibility index (Phi) is 5.75. The van der Waals surface area contributed by atoms with Gasteiger partial charge in [-0.1, -0.05) is 28.1 Å². The van der Waals surface area contributed by atoms with Crippen molar-refractivity contribution < 1.29 is 8.78 Å². The fourth-order valence-electron chi connectivity index (χ4n) is 1.95. The Hall–Kier alpha value is -0.950. The van der Waals surface area contributed by atoms with E-state index in [-0.39, 0.29) is 5.56 Å². The molecule has 0 aliphatic carbocycles. The van der Waals surface area contributed by atoms with Gasteiger partial charge in [0.25, 0.3) is 0 Å². The van der Waals surface area contributed by atoms with E-state index in [2.05, 4.69) is 21.4 Å². The summed E-state index contributed by atoms with van der Waals surface area (Å²) in [5, 5.41) is 0. The van der Waals surface area contributed by atoms with Gasteiger partial charge in [-0.15, -0.1) is 11.8 Å². The van der Waals surface area contributed by atoms with Crippen molar-refractivity contribution in [1.29, 1.82) is 0 Å². The maximum absolute atomic E-state index is 14.1. The molecule has 0 saturated carbocycles. The zero-order valence-corrected chi connectivity index (χ0v) is 13.8. The Labute approximate surface area is 135 Å². The van der Waals surface area contributed by atoms with Crippen molar-refractivity contribution in [3.05, 3.63) is 63.6 Å². The van der Waals surface area contributed by atoms with E-state index in [1.165, 1.54) is 23.9 Å². The number of benzene rings is 2. The molecule has 0 amide bonds. The Morgan fingerprint density at radius 3 is 2.71 bits per heavy atom. The lowest BCUT2D eigenvalue weighted by molar-refractivity contribution is 0.496. The van der Waals surface area contributed by atoms with Crippen LogP contribution in [-0.4, -0.2) is 5.75 Å². The number of aryl methyl sites for hydroxylation is 1. The molecule has 0 heterocycles. The van der Waals surface area contributed by atoms with Crippen molar-refractivity contribution in [2.45, 2.75) is 17.9 Å². The van der Waals surface area contributed by atoms with Gasteiger partial charge in [0.2, 0.25) is 0 Å². The molecule has 112 valence electrons. The van der Waals surface area contributed by atoms with E-state index in [1.54, 1.807) is 6.92 Å². The normalized spacial score (nSPS) is 12.4. The Balaban J connectivity index is 2.19. The Bertz CT molecular complexity index is 637. The first-order valence-electron chi connectivity index (χ1n) is 6.32. The summed E-state index contributed by atoms with van der Waals surface area (Å²) in [6.45, 7) is 1.60. The van der Waals surface area contributed by atoms with Crippen LogP contribution in [0.5, 0.6) is 0 Å². The maximum Gasteiger partial charge on any atom is 0.133 e. The van der Waals surface area contributed by atoms with E-state index in [9.17, 15) is 8.78 Å². The summed E-state index contributed by atoms with van der Waals surface area (Å²) >= 11 is 4.87. The van der Waals surface area contributed by atoms with E-state index < -0.39 is 17.7 Å². The average molecular weight is 373 g/mol. The topological polar surface area (TPSA) is 38.0 Å². The summed E-state index contributed by atoms with van der Waals surface area (Å²) in [6, 6.07) is 9.79. The van der Waals surface area contributed by atoms with E-state index in [0.717, 1.165) is 9.37 Å². The summed E-state index contributed by atoms with van der Waals surface area (Å²) in [5.41, 5.74) is 2.89. The predicted octanol–water partition coefficient (Wildman–Crippen LogP) is 4.33. The number of hydrogen-bond donors (Lipinski definition) is 2. The van der Waals surface area contributed by atoms with Crippen LogP contribution < -0.4 is 11.3 Å². The van der Waals surface area contributed by atoms with Crippen molar-refractivity contribution in [3.8, 4) is 0 Å². The molecule has 0 aliphatic rings. The summed E-state index contributed by atoms with van der Waals surface area (Å²) in [4.78, 5) is 0.998. The van der Waals surface area contributed by atoms with Crippen LogP contribution >= 0.6 is 27.7 Å². The number of rotatable bonds is 5. The second-order valence-electron chi connectivity index (χ2n) is 4.58. The number of halogens is 3. The largest absolute Gasteiger partial charge is 0.271 e. The van der Waals surface area contributed by atoms with Crippen LogP contribution in [0.2, 0.25) is 0 Å². The molecule has 2 rings (SSSR count). The van der Waals surface area contributed by atoms with Crippen molar-refractivity contribution >= 4 is 27.7 Å². The van der Waals surface area contributed by atoms with E-state index in [4.69, 9.17) is 5.84 Å². The highest BCUT2D eigenvalue weighted by molar-refractivity contribution is 9.10. The number of nitrogens with one attached hydrogen (secondary N) is 1. The lowest BCUT2D eigenvalue weighted by Gasteiger charge is -2.18. The SMILES string of the molecule is Cc1ccc(F)c(C(CSc2cccc(Br)c2)NN)c1F. The molecule has 3 N–H and O–H groups in total. The van der Waals surface area contributed by atoms with Crippen LogP contribution in [0.25, 0.3) is 0 Å². The third kappa shape index (κ3) is 4.03. The van der Waals surface area contributed by atoms with E-state index in [1.807, 2.05) is 24.3 Å². The zero-order valence-electron chi connectivity index (χ0n) is 11.4. The monoisotopic (exact) mass is 372 g/mol. The molecule has 0 fully saturated rings. The third-order valence-electron chi connectivity index (χ3n) is 3.08. The molecular formula is C15H15BrF2N2S. The van der Waals surface area contributed by atoms with E-state index >= 15 is 0 Å². The molecule has 0 radical (unpaired) electrons. The number of hydrogen-bond acceptors (Lipinski definition) is 3. The van der Waals surface area contributed by atoms with Crippen LogP contribution in [0.15, 0.2) is 45.8 Å². The van der Waals surface area contributed by atoms with Gasteiger partial charge in [-0.2, -0.15) is 0 Å². The quantitative estimate of drug-likeness (QED) is 0.465. The van der Waals surface area contributed by atoms with Gasteiger partial charge >= 0.3 is 0 Å². The number of thioether (sulfide) groups is 1. The molecule has 21 heavy (non-hydrogen) atoms. The first-order chi connectivity index (χ1) is 10.0. The molecule has 2 aromatic carbocycles. The summed E-state index contributed by atoms with van der Waals surface area (Å²) in [7, 11) is 0. The Morgan fingerprint density at radius 2 is 2.05 bits per heavy atom. The van der Waals surface area contributed by atoms with Crippen molar-refractivity contribution in [1.82, 2.24) is 5.43 Å². The van der Waals surface area contributed by atoms with Crippen LogP contribution in [0.1, 0.15) is 17.2 Å². The first kappa shape index (κ1) is 16.4. The van der Waals surface area contributed by atoms with Crippen LogP contribution in [0.4, 0.5) is 8.78 Å². The molecule has 0 bridgehead atoms. The summed E-state index contributed by atoms with van der Waals surface area (Å²) in [6.07, 6.45) is 0. The second-order valence-corrected chi connectivity index (χ2v) is 6.59. The highest BCUT2D eigenvalue weighted by Gasteiger charge is 2.20. The summed E-state index contributed by atoms with van der Waals surface area (Å²) < 4.78 is 29.0. The molecule has 2 aromatic rings. The molecular weight excluding hydrogens is 358 g/mol. The number of nitrogens with two attached hydrogens (primary N) is 1. The van der Waals surface area contributed by atoms with Gasteiger partial charge in [0.1, 0.15) is 11.6 Å². The van der Waals surface area contributed by atoms with Gasteiger partial charge in [-0.3, -0.25) is 11.3 Å². The highest BCUT2D eigenvalue weighted by Crippen LogP contribution is 2.29. The van der Waals surface area contributed by atoms with Gasteiger partial charge in [-0.05, 0) is 36.8 Å². The van der Waals surface area contributed by atoms with Gasteiger partial charge in [0.15, 0.2) is 0 Å². The molecule has 0 aliphatic heterocycles. The van der Waals surface area contributed by atoms with Gasteiger partial charge in [-0.25, -0.2) is 8.78 Å². The third-order valence-corrected chi connectivity index (χ3v) is 4.66. The first-order valence-corrected chi connectivity index (χ1v) is 8.09. The molecule has 0 aromatic heterocycles. The fraction of sp³-hybridized carbons (Fsp3) is 0.200. The standard InChI is InChI=1S/C15H15BrF2N2S/c1-9-5-6-12(17)14(15(9)18)13(20-19)8-21-11-4-2-3-10(16)7-11/h2-7,13,20H,8,19H2,1H3.